The average molecular weight is 551 g/mol. The van der Waals surface area contributed by atoms with E-state index in [-0.39, 0.29) is 17.1 Å². The number of benzene rings is 2. The van der Waals surface area contributed by atoms with E-state index in [0.29, 0.717) is 38.9 Å². The molecule has 10 heteroatoms. The van der Waals surface area contributed by atoms with E-state index in [9.17, 15) is 9.59 Å². The van der Waals surface area contributed by atoms with Crippen LogP contribution in [0.2, 0.25) is 5.02 Å². The smallest absolute Gasteiger partial charge is 0.268 e. The summed E-state index contributed by atoms with van der Waals surface area (Å²) < 4.78 is 8.86. The van der Waals surface area contributed by atoms with Gasteiger partial charge in [0.1, 0.15) is 10.6 Å². The molecule has 188 valence electrons. The Morgan fingerprint density at radius 3 is 2.65 bits per heavy atom. The van der Waals surface area contributed by atoms with E-state index in [2.05, 4.69) is 17.1 Å². The Balaban J connectivity index is 1.51. The number of carbonyl (C=O) groups excluding carboxylic acids is 1. The van der Waals surface area contributed by atoms with Crippen LogP contribution in [-0.2, 0) is 12.8 Å². The van der Waals surface area contributed by atoms with Crippen molar-refractivity contribution in [3.63, 3.8) is 0 Å². The van der Waals surface area contributed by atoms with E-state index >= 15 is 0 Å². The highest BCUT2D eigenvalue weighted by molar-refractivity contribution is 7.99. The first-order chi connectivity index (χ1) is 17.9. The van der Waals surface area contributed by atoms with Gasteiger partial charge in [0.2, 0.25) is 5.78 Å². The average Bonchev–Trinajstić information content (AvgIpc) is 3.49. The van der Waals surface area contributed by atoms with Crippen LogP contribution in [0.4, 0.5) is 0 Å². The summed E-state index contributed by atoms with van der Waals surface area (Å²) in [6, 6.07) is 14.2. The van der Waals surface area contributed by atoms with Crippen LogP contribution in [0.1, 0.15) is 34.1 Å². The molecular formula is C27H23ClN4O3S2. The first-order valence-electron chi connectivity index (χ1n) is 11.9. The minimum absolute atomic E-state index is 0.0302. The summed E-state index contributed by atoms with van der Waals surface area (Å²) in [5.74, 6) is 1.86. The predicted octanol–water partition coefficient (Wildman–Crippen LogP) is 5.86. The molecule has 7 nitrogen and oxygen atoms in total. The second kappa shape index (κ2) is 9.63. The number of ether oxygens (including phenoxy) is 1. The number of ketones is 1. The minimum atomic E-state index is -0.0964. The number of aromatic nitrogens is 4. The number of halogens is 1. The van der Waals surface area contributed by atoms with Gasteiger partial charge in [0.15, 0.2) is 10.9 Å². The lowest BCUT2D eigenvalue weighted by atomic mass is 9.89. The van der Waals surface area contributed by atoms with Crippen LogP contribution >= 0.6 is 34.7 Å². The van der Waals surface area contributed by atoms with Gasteiger partial charge in [-0.25, -0.2) is 8.97 Å². The van der Waals surface area contributed by atoms with E-state index in [0.717, 1.165) is 35.0 Å². The van der Waals surface area contributed by atoms with Crippen LogP contribution in [0.3, 0.4) is 0 Å². The zero-order valence-electron chi connectivity index (χ0n) is 20.2. The van der Waals surface area contributed by atoms with Crippen molar-refractivity contribution < 1.29 is 9.53 Å². The number of fused-ring (bicyclic) bond motifs is 5. The highest BCUT2D eigenvalue weighted by Crippen LogP contribution is 2.38. The minimum Gasteiger partial charge on any atom is -0.497 e. The number of methoxy groups -OCH3 is 1. The highest BCUT2D eigenvalue weighted by Gasteiger charge is 2.27. The van der Waals surface area contributed by atoms with Crippen molar-refractivity contribution in [1.29, 1.82) is 0 Å². The topological polar surface area (TPSA) is 78.5 Å². The van der Waals surface area contributed by atoms with Gasteiger partial charge in [-0.1, -0.05) is 30.3 Å². The van der Waals surface area contributed by atoms with E-state index < -0.39 is 0 Å². The highest BCUT2D eigenvalue weighted by atomic mass is 35.5. The molecule has 1 atom stereocenters. The molecule has 1 aliphatic carbocycles. The predicted molar refractivity (Wildman–Crippen MR) is 148 cm³/mol. The molecule has 0 unspecified atom stereocenters. The maximum atomic E-state index is 14.0. The molecule has 37 heavy (non-hydrogen) atoms. The zero-order valence-corrected chi connectivity index (χ0v) is 22.6. The van der Waals surface area contributed by atoms with Gasteiger partial charge in [0, 0.05) is 15.5 Å². The molecule has 0 aliphatic heterocycles. The molecule has 0 amide bonds. The van der Waals surface area contributed by atoms with E-state index in [1.165, 1.54) is 16.6 Å². The van der Waals surface area contributed by atoms with Crippen LogP contribution in [0, 0.1) is 5.92 Å². The molecule has 1 aliphatic rings. The maximum absolute atomic E-state index is 14.0. The lowest BCUT2D eigenvalue weighted by molar-refractivity contribution is 0.102. The van der Waals surface area contributed by atoms with Gasteiger partial charge in [-0.15, -0.1) is 21.5 Å². The number of thiophene rings is 1. The third kappa shape index (κ3) is 4.24. The second-order valence-corrected chi connectivity index (χ2v) is 11.7. The van der Waals surface area contributed by atoms with Gasteiger partial charge in [0.05, 0.1) is 23.9 Å². The lowest BCUT2D eigenvalue weighted by Crippen LogP contribution is -2.22. The molecule has 0 N–H and O–H groups in total. The summed E-state index contributed by atoms with van der Waals surface area (Å²) in [5, 5.41) is 10.8. The molecule has 0 fully saturated rings. The van der Waals surface area contributed by atoms with Gasteiger partial charge < -0.3 is 4.74 Å². The monoisotopic (exact) mass is 550 g/mol. The quantitative estimate of drug-likeness (QED) is 0.195. The fraction of sp³-hybridized carbons (Fsp3) is 0.259. The summed E-state index contributed by atoms with van der Waals surface area (Å²) in [5.41, 5.74) is 2.31. The van der Waals surface area contributed by atoms with Crippen molar-refractivity contribution >= 4 is 56.5 Å². The fourth-order valence-electron chi connectivity index (χ4n) is 4.81. The van der Waals surface area contributed by atoms with Crippen LogP contribution in [0.25, 0.3) is 21.7 Å². The standard InChI is InChI=1S/C27H23ClN4O3S2/c1-15-3-12-20-22(13-15)37-25-23(20)24(34)31(18-8-10-19(35-2)11-9-18)26-29-30-27(32(25)26)36-14-21(33)16-4-6-17(28)7-5-16/h4-11,15H,3,12-14H2,1-2H3/t15-/m0/s1. The fourth-order valence-corrected chi connectivity index (χ4v) is 7.32. The van der Waals surface area contributed by atoms with E-state index in [1.807, 2.05) is 28.7 Å². The number of thioether (sulfide) groups is 1. The van der Waals surface area contributed by atoms with Gasteiger partial charge in [-0.05, 0) is 79.3 Å². The van der Waals surface area contributed by atoms with Gasteiger partial charge in [0.25, 0.3) is 5.56 Å². The van der Waals surface area contributed by atoms with Gasteiger partial charge >= 0.3 is 0 Å². The maximum Gasteiger partial charge on any atom is 0.268 e. The Morgan fingerprint density at radius 2 is 1.92 bits per heavy atom. The molecule has 6 rings (SSSR count). The van der Waals surface area contributed by atoms with Crippen molar-refractivity contribution in [2.45, 2.75) is 31.3 Å². The normalized spacial score (nSPS) is 15.3. The molecule has 2 aromatic carbocycles. The first kappa shape index (κ1) is 24.2. The molecule has 0 radical (unpaired) electrons. The summed E-state index contributed by atoms with van der Waals surface area (Å²) in [4.78, 5) is 28.9. The summed E-state index contributed by atoms with van der Waals surface area (Å²) >= 11 is 8.93. The Morgan fingerprint density at radius 1 is 1.16 bits per heavy atom. The van der Waals surface area contributed by atoms with Crippen LogP contribution in [0.15, 0.2) is 58.5 Å². The van der Waals surface area contributed by atoms with Crippen molar-refractivity contribution in [3.8, 4) is 11.4 Å². The second-order valence-electron chi connectivity index (χ2n) is 9.21. The summed E-state index contributed by atoms with van der Waals surface area (Å²) in [6.07, 6.45) is 2.88. The molecule has 0 spiro atoms. The van der Waals surface area contributed by atoms with Crippen molar-refractivity contribution in [3.05, 3.63) is 79.9 Å². The van der Waals surface area contributed by atoms with Crippen LogP contribution in [0.5, 0.6) is 5.75 Å². The third-order valence-corrected chi connectivity index (χ3v) is 9.18. The van der Waals surface area contributed by atoms with Crippen LogP contribution in [-0.4, -0.2) is 37.8 Å². The van der Waals surface area contributed by atoms with Crippen LogP contribution < -0.4 is 10.3 Å². The SMILES string of the molecule is COc1ccc(-n2c(=O)c3c4c(sc3n3c(SCC(=O)c5ccc(Cl)cc5)nnc23)C[C@@H](C)CC4)cc1. The van der Waals surface area contributed by atoms with E-state index in [1.54, 1.807) is 47.3 Å². The number of rotatable bonds is 6. The molecule has 0 bridgehead atoms. The van der Waals surface area contributed by atoms with Crippen molar-refractivity contribution in [1.82, 2.24) is 19.2 Å². The Kier molecular flexibility index (Phi) is 6.30. The summed E-state index contributed by atoms with van der Waals surface area (Å²) in [7, 11) is 1.61. The molecule has 0 saturated heterocycles. The third-order valence-electron chi connectivity index (χ3n) is 6.76. The van der Waals surface area contributed by atoms with Gasteiger partial charge in [-0.2, -0.15) is 0 Å². The number of nitrogens with zero attached hydrogens (tertiary/aromatic N) is 4. The number of Topliss-reactive ketones (excluding diaryl/α,β-unsaturated/α-hetero) is 1. The number of hydrogen-bond acceptors (Lipinski definition) is 7. The number of hydrogen-bond donors (Lipinski definition) is 0. The lowest BCUT2D eigenvalue weighted by Gasteiger charge is -2.17. The number of carbonyl (C=O) groups is 1. The van der Waals surface area contributed by atoms with E-state index in [4.69, 9.17) is 16.3 Å². The van der Waals surface area contributed by atoms with Gasteiger partial charge in [-0.3, -0.25) is 9.59 Å². The Bertz CT molecular complexity index is 1700. The van der Waals surface area contributed by atoms with Crippen molar-refractivity contribution in [2.75, 3.05) is 12.9 Å². The molecule has 5 aromatic rings. The molecule has 3 heterocycles. The molecule has 3 aromatic heterocycles. The zero-order chi connectivity index (χ0) is 25.7. The number of aryl methyl sites for hydroxylation is 1. The Hall–Kier alpha value is -3.14. The molecular weight excluding hydrogens is 528 g/mol. The largest absolute Gasteiger partial charge is 0.497 e. The Labute approximate surface area is 226 Å². The van der Waals surface area contributed by atoms with Crippen molar-refractivity contribution in [2.24, 2.45) is 5.92 Å². The summed E-state index contributed by atoms with van der Waals surface area (Å²) in [6.45, 7) is 2.25. The first-order valence-corrected chi connectivity index (χ1v) is 14.1. The molecule has 0 saturated carbocycles.